The highest BCUT2D eigenvalue weighted by molar-refractivity contribution is 5.81. The minimum Gasteiger partial charge on any atom is -0.314 e. The molecule has 0 amide bonds. The van der Waals surface area contributed by atoms with Crippen molar-refractivity contribution >= 4 is 10.9 Å². The molecular weight excluding hydrogens is 258 g/mol. The van der Waals surface area contributed by atoms with Crippen LogP contribution in [0.25, 0.3) is 10.9 Å². The number of para-hydroxylation sites is 1. The van der Waals surface area contributed by atoms with Crippen LogP contribution >= 0.6 is 0 Å². The van der Waals surface area contributed by atoms with Crippen LogP contribution in [0.3, 0.4) is 0 Å². The van der Waals surface area contributed by atoms with Crippen LogP contribution in [0.5, 0.6) is 0 Å². The van der Waals surface area contributed by atoms with Crippen molar-refractivity contribution in [3.63, 3.8) is 0 Å². The molecule has 0 saturated heterocycles. The number of nitrogens with zero attached hydrogens (tertiary/aromatic N) is 2. The monoisotopic (exact) mass is 285 g/mol. The van der Waals surface area contributed by atoms with Gasteiger partial charge in [0.15, 0.2) is 0 Å². The van der Waals surface area contributed by atoms with Crippen molar-refractivity contribution in [1.82, 2.24) is 15.1 Å². The summed E-state index contributed by atoms with van der Waals surface area (Å²) in [5.74, 6) is 0.738. The zero-order chi connectivity index (χ0) is 14.7. The normalized spacial score (nSPS) is 22.8. The third-order valence-corrected chi connectivity index (χ3v) is 4.86. The molecule has 1 N–H and O–H groups in total. The molecule has 1 aromatic carbocycles. The SMILES string of the molecule is CCNC1CCCCC1Cc1nn(CC)c2ccccc12. The fraction of sp³-hybridized carbons (Fsp3) is 0.611. The smallest absolute Gasteiger partial charge is 0.0706 e. The standard InChI is InChI=1S/C18H27N3/c1-3-19-16-11-7-5-9-14(16)13-17-15-10-6-8-12-18(15)21(4-2)20-17/h6,8,10,12,14,16,19H,3-5,7,9,11,13H2,1-2H3. The molecule has 2 unspecified atom stereocenters. The van der Waals surface area contributed by atoms with Crippen molar-refractivity contribution in [1.29, 1.82) is 0 Å². The summed E-state index contributed by atoms with van der Waals surface area (Å²) in [4.78, 5) is 0. The largest absolute Gasteiger partial charge is 0.314 e. The van der Waals surface area contributed by atoms with Gasteiger partial charge in [0, 0.05) is 18.0 Å². The fourth-order valence-corrected chi connectivity index (χ4v) is 3.82. The van der Waals surface area contributed by atoms with Crippen molar-refractivity contribution in [2.45, 2.75) is 58.5 Å². The van der Waals surface area contributed by atoms with Gasteiger partial charge in [-0.3, -0.25) is 4.68 Å². The lowest BCUT2D eigenvalue weighted by Gasteiger charge is -2.31. The topological polar surface area (TPSA) is 29.9 Å². The van der Waals surface area contributed by atoms with Crippen molar-refractivity contribution < 1.29 is 0 Å². The summed E-state index contributed by atoms with van der Waals surface area (Å²) in [6.07, 6.45) is 6.53. The average Bonchev–Trinajstić information content (AvgIpc) is 2.88. The predicted molar refractivity (Wildman–Crippen MR) is 88.5 cm³/mol. The molecule has 1 aliphatic carbocycles. The maximum absolute atomic E-state index is 4.89. The highest BCUT2D eigenvalue weighted by Crippen LogP contribution is 2.29. The molecule has 3 heteroatoms. The van der Waals surface area contributed by atoms with Crippen LogP contribution in [-0.4, -0.2) is 22.4 Å². The summed E-state index contributed by atoms with van der Waals surface area (Å²) < 4.78 is 2.15. The Hall–Kier alpha value is -1.35. The Morgan fingerprint density at radius 1 is 1.19 bits per heavy atom. The van der Waals surface area contributed by atoms with Crippen molar-refractivity contribution in [2.75, 3.05) is 6.54 Å². The van der Waals surface area contributed by atoms with Crippen LogP contribution in [0, 0.1) is 5.92 Å². The Labute approximate surface area is 127 Å². The van der Waals surface area contributed by atoms with E-state index in [1.54, 1.807) is 0 Å². The van der Waals surface area contributed by atoms with Crippen LogP contribution in [0.2, 0.25) is 0 Å². The molecule has 0 spiro atoms. The van der Waals surface area contributed by atoms with Gasteiger partial charge < -0.3 is 5.32 Å². The number of fused-ring (bicyclic) bond motifs is 1. The lowest BCUT2D eigenvalue weighted by molar-refractivity contribution is 0.262. The highest BCUT2D eigenvalue weighted by atomic mass is 15.3. The second-order valence-electron chi connectivity index (χ2n) is 6.19. The first kappa shape index (κ1) is 14.6. The third-order valence-electron chi connectivity index (χ3n) is 4.86. The van der Waals surface area contributed by atoms with Gasteiger partial charge in [-0.2, -0.15) is 5.10 Å². The zero-order valence-electron chi connectivity index (χ0n) is 13.3. The summed E-state index contributed by atoms with van der Waals surface area (Å²) in [6.45, 7) is 6.41. The summed E-state index contributed by atoms with van der Waals surface area (Å²) in [7, 11) is 0. The molecule has 1 saturated carbocycles. The van der Waals surface area contributed by atoms with Gasteiger partial charge in [0.2, 0.25) is 0 Å². The zero-order valence-corrected chi connectivity index (χ0v) is 13.3. The van der Waals surface area contributed by atoms with Crippen LogP contribution in [0.1, 0.15) is 45.2 Å². The maximum atomic E-state index is 4.89. The van der Waals surface area contributed by atoms with E-state index in [-0.39, 0.29) is 0 Å². The number of benzene rings is 1. The molecule has 2 aromatic rings. The third kappa shape index (κ3) is 2.98. The lowest BCUT2D eigenvalue weighted by atomic mass is 9.81. The minimum absolute atomic E-state index is 0.675. The van der Waals surface area contributed by atoms with Gasteiger partial charge in [-0.25, -0.2) is 0 Å². The number of aromatic nitrogens is 2. The van der Waals surface area contributed by atoms with Gasteiger partial charge in [0.05, 0.1) is 11.2 Å². The average molecular weight is 285 g/mol. The highest BCUT2D eigenvalue weighted by Gasteiger charge is 2.26. The molecule has 0 radical (unpaired) electrons. The first-order valence-electron chi connectivity index (χ1n) is 8.51. The molecule has 3 rings (SSSR count). The minimum atomic E-state index is 0.675. The van der Waals surface area contributed by atoms with Gasteiger partial charge in [0.1, 0.15) is 0 Å². The van der Waals surface area contributed by atoms with Crippen LogP contribution in [0.15, 0.2) is 24.3 Å². The van der Waals surface area contributed by atoms with Gasteiger partial charge >= 0.3 is 0 Å². The summed E-state index contributed by atoms with van der Waals surface area (Å²) in [5, 5.41) is 9.92. The number of hydrogen-bond acceptors (Lipinski definition) is 2. The van der Waals surface area contributed by atoms with E-state index in [2.05, 4.69) is 48.1 Å². The molecule has 21 heavy (non-hydrogen) atoms. The Kier molecular flexibility index (Phi) is 4.59. The second-order valence-corrected chi connectivity index (χ2v) is 6.19. The molecular formula is C18H27N3. The summed E-state index contributed by atoms with van der Waals surface area (Å²) >= 11 is 0. The molecule has 1 aromatic heterocycles. The Morgan fingerprint density at radius 2 is 2.00 bits per heavy atom. The van der Waals surface area contributed by atoms with Gasteiger partial charge in [0.25, 0.3) is 0 Å². The summed E-state index contributed by atoms with van der Waals surface area (Å²) in [5.41, 5.74) is 2.58. The Morgan fingerprint density at radius 3 is 2.81 bits per heavy atom. The van der Waals surface area contributed by atoms with E-state index in [1.165, 1.54) is 42.3 Å². The number of aryl methyl sites for hydroxylation is 1. The molecule has 1 heterocycles. The van der Waals surface area contributed by atoms with E-state index < -0.39 is 0 Å². The van der Waals surface area contributed by atoms with Gasteiger partial charge in [-0.05, 0) is 44.7 Å². The maximum Gasteiger partial charge on any atom is 0.0706 e. The first-order valence-corrected chi connectivity index (χ1v) is 8.51. The van der Waals surface area contributed by atoms with E-state index in [0.717, 1.165) is 25.4 Å². The predicted octanol–water partition coefficient (Wildman–Crippen LogP) is 3.77. The first-order chi connectivity index (χ1) is 10.3. The molecule has 114 valence electrons. The van der Waals surface area contributed by atoms with E-state index in [9.17, 15) is 0 Å². The lowest BCUT2D eigenvalue weighted by Crippen LogP contribution is -2.39. The summed E-state index contributed by atoms with van der Waals surface area (Å²) in [6, 6.07) is 9.35. The van der Waals surface area contributed by atoms with E-state index in [1.807, 2.05) is 0 Å². The second kappa shape index (κ2) is 6.61. The molecule has 0 aliphatic heterocycles. The number of nitrogens with one attached hydrogen (secondary N) is 1. The molecule has 0 bridgehead atoms. The fourth-order valence-electron chi connectivity index (χ4n) is 3.82. The molecule has 3 nitrogen and oxygen atoms in total. The van der Waals surface area contributed by atoms with Crippen molar-refractivity contribution in [2.24, 2.45) is 5.92 Å². The van der Waals surface area contributed by atoms with Crippen molar-refractivity contribution in [3.8, 4) is 0 Å². The number of rotatable bonds is 5. The molecule has 2 atom stereocenters. The van der Waals surface area contributed by atoms with E-state index in [0.29, 0.717) is 6.04 Å². The Bertz CT molecular complexity index is 585. The van der Waals surface area contributed by atoms with Gasteiger partial charge in [-0.15, -0.1) is 0 Å². The van der Waals surface area contributed by atoms with Crippen LogP contribution in [0.4, 0.5) is 0 Å². The quantitative estimate of drug-likeness (QED) is 0.906. The van der Waals surface area contributed by atoms with E-state index in [4.69, 9.17) is 5.10 Å². The van der Waals surface area contributed by atoms with Gasteiger partial charge in [-0.1, -0.05) is 38.0 Å². The molecule has 1 fully saturated rings. The van der Waals surface area contributed by atoms with Crippen molar-refractivity contribution in [3.05, 3.63) is 30.0 Å². The number of hydrogen-bond donors (Lipinski definition) is 1. The van der Waals surface area contributed by atoms with Crippen LogP contribution in [-0.2, 0) is 13.0 Å². The molecule has 1 aliphatic rings. The Balaban J connectivity index is 1.86. The van der Waals surface area contributed by atoms with Crippen LogP contribution < -0.4 is 5.32 Å². The van der Waals surface area contributed by atoms with E-state index >= 15 is 0 Å².